The molecule has 1 aromatic rings. The highest BCUT2D eigenvalue weighted by atomic mass is 127. The van der Waals surface area contributed by atoms with Gasteiger partial charge in [0.05, 0.1) is 11.4 Å². The van der Waals surface area contributed by atoms with E-state index in [2.05, 4.69) is 4.98 Å². The number of aromatic nitrogens is 1. The molecular formula is C7H7F2IN2. The van der Waals surface area contributed by atoms with E-state index in [0.29, 0.717) is 15.0 Å². The van der Waals surface area contributed by atoms with Crippen molar-refractivity contribution in [1.29, 1.82) is 0 Å². The number of halogens is 3. The average molecular weight is 284 g/mol. The molecule has 0 radical (unpaired) electrons. The minimum absolute atomic E-state index is 0.192. The summed E-state index contributed by atoms with van der Waals surface area (Å²) in [6.45, 7) is 1.61. The van der Waals surface area contributed by atoms with Gasteiger partial charge in [0, 0.05) is 3.57 Å². The molecule has 2 nitrogen and oxygen atoms in total. The van der Waals surface area contributed by atoms with Crippen LogP contribution in [0, 0.1) is 10.5 Å². The van der Waals surface area contributed by atoms with E-state index in [0.717, 1.165) is 0 Å². The van der Waals surface area contributed by atoms with Crippen molar-refractivity contribution < 1.29 is 8.78 Å². The third kappa shape index (κ3) is 1.82. The fourth-order valence-electron chi connectivity index (χ4n) is 0.767. The van der Waals surface area contributed by atoms with E-state index >= 15 is 0 Å². The number of alkyl halides is 2. The van der Waals surface area contributed by atoms with Crippen molar-refractivity contribution in [3.63, 3.8) is 0 Å². The summed E-state index contributed by atoms with van der Waals surface area (Å²) in [6.07, 6.45) is -2.53. The van der Waals surface area contributed by atoms with Crippen LogP contribution in [0.5, 0.6) is 0 Å². The molecular weight excluding hydrogens is 277 g/mol. The first-order chi connectivity index (χ1) is 5.52. The van der Waals surface area contributed by atoms with Crippen LogP contribution in [-0.4, -0.2) is 4.98 Å². The molecule has 0 aromatic carbocycles. The standard InChI is InChI=1S/C7H7F2IN2/c1-3-5(11)2-4(10)6(12-3)7(8)9/h2,7H,11H2,1H3. The fraction of sp³-hybridized carbons (Fsp3) is 0.286. The number of nitrogens with two attached hydrogens (primary N) is 1. The van der Waals surface area contributed by atoms with Crippen molar-refractivity contribution in [1.82, 2.24) is 4.98 Å². The van der Waals surface area contributed by atoms with Gasteiger partial charge in [-0.2, -0.15) is 0 Å². The van der Waals surface area contributed by atoms with Gasteiger partial charge in [-0.05, 0) is 35.6 Å². The van der Waals surface area contributed by atoms with Crippen molar-refractivity contribution in [2.45, 2.75) is 13.3 Å². The highest BCUT2D eigenvalue weighted by molar-refractivity contribution is 14.1. The summed E-state index contributed by atoms with van der Waals surface area (Å²) in [5.74, 6) is 0. The molecule has 0 amide bonds. The molecule has 0 aliphatic carbocycles. The van der Waals surface area contributed by atoms with Crippen molar-refractivity contribution in [2.75, 3.05) is 5.73 Å². The summed E-state index contributed by atoms with van der Waals surface area (Å²) in [6, 6.07) is 1.50. The molecule has 2 N–H and O–H groups in total. The van der Waals surface area contributed by atoms with Gasteiger partial charge in [-0.15, -0.1) is 0 Å². The van der Waals surface area contributed by atoms with Crippen molar-refractivity contribution in [3.05, 3.63) is 21.0 Å². The summed E-state index contributed by atoms with van der Waals surface area (Å²) in [5, 5.41) is 0. The molecule has 12 heavy (non-hydrogen) atoms. The van der Waals surface area contributed by atoms with Crippen LogP contribution in [0.3, 0.4) is 0 Å². The number of anilines is 1. The number of hydrogen-bond donors (Lipinski definition) is 1. The van der Waals surface area contributed by atoms with Crippen LogP contribution in [-0.2, 0) is 0 Å². The van der Waals surface area contributed by atoms with E-state index < -0.39 is 6.43 Å². The average Bonchev–Trinajstić information content (AvgIpc) is 1.96. The summed E-state index contributed by atoms with van der Waals surface area (Å²) in [4.78, 5) is 3.69. The third-order valence-electron chi connectivity index (χ3n) is 1.44. The molecule has 5 heteroatoms. The number of aryl methyl sites for hydroxylation is 1. The Kier molecular flexibility index (Phi) is 2.81. The molecule has 0 aliphatic heterocycles. The second kappa shape index (κ2) is 3.51. The van der Waals surface area contributed by atoms with Crippen LogP contribution in [0.4, 0.5) is 14.5 Å². The predicted octanol–water partition coefficient (Wildman–Crippen LogP) is 2.51. The van der Waals surface area contributed by atoms with Crippen LogP contribution in [0.2, 0.25) is 0 Å². The molecule has 0 atom stereocenters. The first-order valence-corrected chi connectivity index (χ1v) is 4.31. The minimum atomic E-state index is -2.53. The smallest absolute Gasteiger partial charge is 0.281 e. The minimum Gasteiger partial charge on any atom is -0.397 e. The second-order valence-corrected chi connectivity index (χ2v) is 3.49. The van der Waals surface area contributed by atoms with Crippen LogP contribution in [0.1, 0.15) is 17.8 Å². The van der Waals surface area contributed by atoms with Crippen LogP contribution < -0.4 is 5.73 Å². The molecule has 1 aromatic heterocycles. The highest BCUT2D eigenvalue weighted by Gasteiger charge is 2.14. The van der Waals surface area contributed by atoms with E-state index in [1.807, 2.05) is 0 Å². The Morgan fingerprint density at radius 1 is 1.58 bits per heavy atom. The largest absolute Gasteiger partial charge is 0.397 e. The fourth-order valence-corrected chi connectivity index (χ4v) is 1.46. The molecule has 66 valence electrons. The normalized spacial score (nSPS) is 10.8. The third-order valence-corrected chi connectivity index (χ3v) is 2.30. The first kappa shape index (κ1) is 9.63. The van der Waals surface area contributed by atoms with Crippen molar-refractivity contribution in [2.24, 2.45) is 0 Å². The Bertz CT molecular complexity index is 302. The van der Waals surface area contributed by atoms with Gasteiger partial charge in [0.2, 0.25) is 0 Å². The van der Waals surface area contributed by atoms with E-state index in [1.165, 1.54) is 6.07 Å². The molecule has 1 rings (SSSR count). The monoisotopic (exact) mass is 284 g/mol. The lowest BCUT2D eigenvalue weighted by Crippen LogP contribution is -2.00. The lowest BCUT2D eigenvalue weighted by molar-refractivity contribution is 0.145. The Balaban J connectivity index is 3.23. The zero-order chi connectivity index (χ0) is 9.30. The Hall–Kier alpha value is -0.460. The molecule has 0 saturated carbocycles. The topological polar surface area (TPSA) is 38.9 Å². The summed E-state index contributed by atoms with van der Waals surface area (Å²) in [7, 11) is 0. The molecule has 0 unspecified atom stereocenters. The maximum atomic E-state index is 12.2. The lowest BCUT2D eigenvalue weighted by atomic mass is 10.3. The van der Waals surface area contributed by atoms with Crippen molar-refractivity contribution >= 4 is 28.3 Å². The van der Waals surface area contributed by atoms with E-state index in [-0.39, 0.29) is 5.69 Å². The van der Waals surface area contributed by atoms with Crippen LogP contribution >= 0.6 is 22.6 Å². The van der Waals surface area contributed by atoms with Gasteiger partial charge in [-0.25, -0.2) is 13.8 Å². The molecule has 0 saturated heterocycles. The van der Waals surface area contributed by atoms with Gasteiger partial charge in [0.25, 0.3) is 6.43 Å². The van der Waals surface area contributed by atoms with Crippen LogP contribution in [0.25, 0.3) is 0 Å². The van der Waals surface area contributed by atoms with Gasteiger partial charge >= 0.3 is 0 Å². The van der Waals surface area contributed by atoms with Gasteiger partial charge in [-0.1, -0.05) is 0 Å². The molecule has 0 aliphatic rings. The van der Waals surface area contributed by atoms with Gasteiger partial charge in [-0.3, -0.25) is 0 Å². The van der Waals surface area contributed by atoms with Crippen LogP contribution in [0.15, 0.2) is 6.07 Å². The van der Waals surface area contributed by atoms with E-state index in [1.54, 1.807) is 29.5 Å². The summed E-state index contributed by atoms with van der Waals surface area (Å²) >= 11 is 1.80. The number of nitrogens with zero attached hydrogens (tertiary/aromatic N) is 1. The Labute approximate surface area is 82.3 Å². The number of pyridine rings is 1. The molecule has 0 fully saturated rings. The summed E-state index contributed by atoms with van der Waals surface area (Å²) < 4.78 is 24.9. The van der Waals surface area contributed by atoms with Crippen molar-refractivity contribution in [3.8, 4) is 0 Å². The van der Waals surface area contributed by atoms with E-state index in [9.17, 15) is 8.78 Å². The van der Waals surface area contributed by atoms with Gasteiger partial charge in [0.1, 0.15) is 5.69 Å². The lowest BCUT2D eigenvalue weighted by Gasteiger charge is -2.05. The first-order valence-electron chi connectivity index (χ1n) is 3.23. The second-order valence-electron chi connectivity index (χ2n) is 2.33. The number of hydrogen-bond acceptors (Lipinski definition) is 2. The maximum absolute atomic E-state index is 12.2. The maximum Gasteiger partial charge on any atom is 0.281 e. The molecule has 1 heterocycles. The van der Waals surface area contributed by atoms with E-state index in [4.69, 9.17) is 5.73 Å². The quantitative estimate of drug-likeness (QED) is 0.805. The SMILES string of the molecule is Cc1nc(C(F)F)c(I)cc1N. The van der Waals surface area contributed by atoms with Gasteiger partial charge < -0.3 is 5.73 Å². The molecule has 0 spiro atoms. The Morgan fingerprint density at radius 3 is 2.67 bits per heavy atom. The zero-order valence-corrected chi connectivity index (χ0v) is 8.47. The summed E-state index contributed by atoms with van der Waals surface area (Å²) in [5.41, 5.74) is 6.18. The zero-order valence-electron chi connectivity index (χ0n) is 6.31. The number of nitrogen functional groups attached to an aromatic ring is 1. The Morgan fingerprint density at radius 2 is 2.17 bits per heavy atom. The predicted molar refractivity (Wildman–Crippen MR) is 51.1 cm³/mol. The van der Waals surface area contributed by atoms with Gasteiger partial charge in [0.15, 0.2) is 0 Å². The number of rotatable bonds is 1. The highest BCUT2D eigenvalue weighted by Crippen LogP contribution is 2.25. The molecule has 0 bridgehead atoms.